The Kier molecular flexibility index (Phi) is 4.85. The minimum Gasteiger partial charge on any atom is -0.480 e. The Morgan fingerprint density at radius 3 is 2.78 bits per heavy atom. The molecule has 1 unspecified atom stereocenters. The fourth-order valence-corrected chi connectivity index (χ4v) is 1.31. The topological polar surface area (TPSA) is 110 Å². The van der Waals surface area contributed by atoms with Gasteiger partial charge in [-0.1, -0.05) is 13.8 Å². The Morgan fingerprint density at radius 1 is 1.56 bits per heavy atom. The highest BCUT2D eigenvalue weighted by Crippen LogP contribution is 2.08. The molecule has 0 aromatic carbocycles. The van der Waals surface area contributed by atoms with E-state index in [4.69, 9.17) is 10.8 Å². The number of carbonyl (C=O) groups excluding carboxylic acids is 1. The van der Waals surface area contributed by atoms with E-state index in [1.165, 1.54) is 17.1 Å². The van der Waals surface area contributed by atoms with Gasteiger partial charge < -0.3 is 16.2 Å². The van der Waals surface area contributed by atoms with Crippen LogP contribution < -0.4 is 11.1 Å². The summed E-state index contributed by atoms with van der Waals surface area (Å²) in [4.78, 5) is 22.1. The van der Waals surface area contributed by atoms with Crippen molar-refractivity contribution < 1.29 is 14.7 Å². The number of carboxylic acids is 1. The molecule has 7 heteroatoms. The van der Waals surface area contributed by atoms with Crippen molar-refractivity contribution in [3.63, 3.8) is 0 Å². The van der Waals surface area contributed by atoms with Crippen molar-refractivity contribution >= 4 is 17.6 Å². The Balaban J connectivity index is 2.49. The lowest BCUT2D eigenvalue weighted by atomic mass is 10.0. The maximum absolute atomic E-state index is 11.6. The molecule has 100 valence electrons. The fourth-order valence-electron chi connectivity index (χ4n) is 1.31. The van der Waals surface area contributed by atoms with Crippen LogP contribution in [0.15, 0.2) is 12.4 Å². The van der Waals surface area contributed by atoms with E-state index in [2.05, 4.69) is 10.4 Å². The third kappa shape index (κ3) is 4.54. The number of nitrogens with zero attached hydrogens (tertiary/aromatic N) is 2. The molecule has 1 rings (SSSR count). The predicted octanol–water partition coefficient (Wildman–Crippen LogP) is 0.280. The SMILES string of the molecule is CC(C)C(N)CC(=O)Nc1cnn(CC(=O)O)c1. The number of hydrogen-bond donors (Lipinski definition) is 3. The van der Waals surface area contributed by atoms with E-state index in [1.807, 2.05) is 13.8 Å². The molecule has 0 aliphatic carbocycles. The van der Waals surface area contributed by atoms with Crippen molar-refractivity contribution in [1.29, 1.82) is 0 Å². The average Bonchev–Trinajstić information content (AvgIpc) is 2.63. The monoisotopic (exact) mass is 254 g/mol. The van der Waals surface area contributed by atoms with Crippen LogP contribution in [0.5, 0.6) is 0 Å². The Morgan fingerprint density at radius 2 is 2.22 bits per heavy atom. The second kappa shape index (κ2) is 6.15. The van der Waals surface area contributed by atoms with Gasteiger partial charge in [-0.05, 0) is 5.92 Å². The van der Waals surface area contributed by atoms with Gasteiger partial charge in [-0.2, -0.15) is 5.10 Å². The quantitative estimate of drug-likeness (QED) is 0.675. The third-order valence-corrected chi connectivity index (χ3v) is 2.49. The molecule has 0 radical (unpaired) electrons. The van der Waals surface area contributed by atoms with Crippen LogP contribution in [0.1, 0.15) is 20.3 Å². The molecule has 1 heterocycles. The van der Waals surface area contributed by atoms with Crippen molar-refractivity contribution in [3.05, 3.63) is 12.4 Å². The number of carboxylic acid groups (broad SMARTS) is 1. The van der Waals surface area contributed by atoms with Gasteiger partial charge >= 0.3 is 5.97 Å². The highest BCUT2D eigenvalue weighted by molar-refractivity contribution is 5.90. The molecule has 0 bridgehead atoms. The zero-order chi connectivity index (χ0) is 13.7. The van der Waals surface area contributed by atoms with Crippen LogP contribution in [-0.2, 0) is 16.1 Å². The lowest BCUT2D eigenvalue weighted by Crippen LogP contribution is -2.31. The number of nitrogens with two attached hydrogens (primary N) is 1. The highest BCUT2D eigenvalue weighted by atomic mass is 16.4. The molecule has 4 N–H and O–H groups in total. The molecule has 1 atom stereocenters. The summed E-state index contributed by atoms with van der Waals surface area (Å²) in [5.41, 5.74) is 6.25. The van der Waals surface area contributed by atoms with Crippen molar-refractivity contribution in [2.45, 2.75) is 32.9 Å². The Labute approximate surface area is 105 Å². The number of amides is 1. The summed E-state index contributed by atoms with van der Waals surface area (Å²) in [5, 5.41) is 15.0. The maximum atomic E-state index is 11.6. The van der Waals surface area contributed by atoms with Gasteiger partial charge in [-0.15, -0.1) is 0 Å². The van der Waals surface area contributed by atoms with Gasteiger partial charge in [0.1, 0.15) is 6.54 Å². The molecule has 0 saturated heterocycles. The van der Waals surface area contributed by atoms with E-state index in [9.17, 15) is 9.59 Å². The summed E-state index contributed by atoms with van der Waals surface area (Å²) < 4.78 is 1.24. The standard InChI is InChI=1S/C11H18N4O3/c1-7(2)9(12)3-10(16)14-8-4-13-15(5-8)6-11(17)18/h4-5,7,9H,3,6,12H2,1-2H3,(H,14,16)(H,17,18). The predicted molar refractivity (Wildman–Crippen MR) is 65.9 cm³/mol. The van der Waals surface area contributed by atoms with E-state index in [0.717, 1.165) is 0 Å². The van der Waals surface area contributed by atoms with Crippen LogP contribution in [0.25, 0.3) is 0 Å². The Hall–Kier alpha value is -1.89. The van der Waals surface area contributed by atoms with Gasteiger partial charge in [0.25, 0.3) is 0 Å². The molecule has 0 fully saturated rings. The second-order valence-corrected chi connectivity index (χ2v) is 4.48. The van der Waals surface area contributed by atoms with E-state index in [-0.39, 0.29) is 30.8 Å². The number of aromatic nitrogens is 2. The summed E-state index contributed by atoms with van der Waals surface area (Å²) in [5.74, 6) is -0.964. The van der Waals surface area contributed by atoms with Crippen LogP contribution in [0, 0.1) is 5.92 Å². The van der Waals surface area contributed by atoms with Crippen LogP contribution in [0.4, 0.5) is 5.69 Å². The summed E-state index contributed by atoms with van der Waals surface area (Å²) >= 11 is 0. The highest BCUT2D eigenvalue weighted by Gasteiger charge is 2.13. The second-order valence-electron chi connectivity index (χ2n) is 4.48. The summed E-state index contributed by atoms with van der Waals surface area (Å²) in [7, 11) is 0. The smallest absolute Gasteiger partial charge is 0.325 e. The van der Waals surface area contributed by atoms with Crippen molar-refractivity contribution in [3.8, 4) is 0 Å². The summed E-state index contributed by atoms with van der Waals surface area (Å²) in [6, 6.07) is -0.195. The molecular formula is C11H18N4O3. The zero-order valence-corrected chi connectivity index (χ0v) is 10.5. The van der Waals surface area contributed by atoms with Crippen molar-refractivity contribution in [2.24, 2.45) is 11.7 Å². The lowest BCUT2D eigenvalue weighted by molar-refractivity contribution is -0.137. The number of rotatable bonds is 6. The Bertz CT molecular complexity index is 428. The van der Waals surface area contributed by atoms with Gasteiger partial charge in [0, 0.05) is 18.7 Å². The van der Waals surface area contributed by atoms with E-state index in [0.29, 0.717) is 5.69 Å². The van der Waals surface area contributed by atoms with Crippen LogP contribution in [-0.4, -0.2) is 32.8 Å². The van der Waals surface area contributed by atoms with E-state index < -0.39 is 5.97 Å². The molecule has 1 aromatic heterocycles. The molecule has 18 heavy (non-hydrogen) atoms. The first-order valence-electron chi connectivity index (χ1n) is 5.68. The molecule has 1 amide bonds. The fraction of sp³-hybridized carbons (Fsp3) is 0.545. The zero-order valence-electron chi connectivity index (χ0n) is 10.5. The first-order chi connectivity index (χ1) is 8.38. The van der Waals surface area contributed by atoms with Crippen molar-refractivity contribution in [2.75, 3.05) is 5.32 Å². The molecule has 7 nitrogen and oxygen atoms in total. The van der Waals surface area contributed by atoms with Crippen LogP contribution in [0.2, 0.25) is 0 Å². The number of nitrogens with one attached hydrogen (secondary N) is 1. The molecule has 0 aliphatic heterocycles. The summed E-state index contributed by atoms with van der Waals surface area (Å²) in [6.45, 7) is 3.66. The van der Waals surface area contributed by atoms with Crippen LogP contribution >= 0.6 is 0 Å². The molecule has 0 aliphatic rings. The maximum Gasteiger partial charge on any atom is 0.325 e. The molecular weight excluding hydrogens is 236 g/mol. The molecule has 0 saturated carbocycles. The lowest BCUT2D eigenvalue weighted by Gasteiger charge is -2.14. The average molecular weight is 254 g/mol. The van der Waals surface area contributed by atoms with Crippen LogP contribution in [0.3, 0.4) is 0 Å². The number of carbonyl (C=O) groups is 2. The molecule has 0 spiro atoms. The van der Waals surface area contributed by atoms with Gasteiger partial charge in [0.2, 0.25) is 5.91 Å². The van der Waals surface area contributed by atoms with E-state index in [1.54, 1.807) is 0 Å². The number of hydrogen-bond acceptors (Lipinski definition) is 4. The summed E-state index contributed by atoms with van der Waals surface area (Å²) in [6.07, 6.45) is 3.09. The largest absolute Gasteiger partial charge is 0.480 e. The minimum absolute atomic E-state index is 0.195. The van der Waals surface area contributed by atoms with Gasteiger partial charge in [-0.25, -0.2) is 0 Å². The number of aliphatic carboxylic acids is 1. The number of anilines is 1. The first-order valence-corrected chi connectivity index (χ1v) is 5.68. The van der Waals surface area contributed by atoms with Crippen molar-refractivity contribution in [1.82, 2.24) is 9.78 Å². The third-order valence-electron chi connectivity index (χ3n) is 2.49. The van der Waals surface area contributed by atoms with Gasteiger partial charge in [0.05, 0.1) is 11.9 Å². The normalized spacial score (nSPS) is 12.4. The molecule has 1 aromatic rings. The van der Waals surface area contributed by atoms with Gasteiger partial charge in [0.15, 0.2) is 0 Å². The minimum atomic E-state index is -0.988. The van der Waals surface area contributed by atoms with E-state index >= 15 is 0 Å². The first kappa shape index (κ1) is 14.2. The van der Waals surface area contributed by atoms with Gasteiger partial charge in [-0.3, -0.25) is 14.3 Å².